The second kappa shape index (κ2) is 22.9. The van der Waals surface area contributed by atoms with Crippen LogP contribution in [0.5, 0.6) is 28.7 Å². The summed E-state index contributed by atoms with van der Waals surface area (Å²) in [6, 6.07) is 17.4. The maximum absolute atomic E-state index is 13.6. The van der Waals surface area contributed by atoms with Gasteiger partial charge in [0.05, 0.1) is 37.5 Å². The number of aliphatic hydroxyl groups is 1. The summed E-state index contributed by atoms with van der Waals surface area (Å²) in [4.78, 5) is 13.4. The fourth-order valence-electron chi connectivity index (χ4n) is 17.9. The molecule has 0 radical (unpaired) electrons. The van der Waals surface area contributed by atoms with Crippen molar-refractivity contribution >= 4 is 33.6 Å². The Balaban J connectivity index is 1.06. The highest BCUT2D eigenvalue weighted by atomic mass is 33.1. The lowest BCUT2D eigenvalue weighted by molar-refractivity contribution is -0.141. The standard InChI is InChI=1S/C71H78N4O9S2/c1-37(77)82-34-55-50-15-16-51-61-45(25-48(78)27-58(61)81-3)29-71-21-20-44(28-71)63-49-14-12-43-26-60(72)75-57(64(43)63)18-13-40-10-11-42(23-38-6-4-8-41(49)22-38)54(33-80-2)46(32-76)30-73-31-53-62(40)65(68(55)84-69(50)66(51)71)52-17-19-56-59(83-70(52)67(53)79)36-86-85-35-39-7-5-9-47(24-39)74-56/h4,6,8,15-17,19,22,25-27,39-40,42,44,46-47,49,54-56,59-60,63,68,73-76,78-79H,5,7,9,12,14,20-21,23-24,28-36,72H2,1-3H3/t39-,40-,42+,44+,46-,47+,49-,54-,55+,56+,59-,60?,63-,68+,71+/m1/s1. The third-order valence-electron chi connectivity index (χ3n) is 21.5. The first-order valence-electron chi connectivity index (χ1n) is 31.5. The molecule has 4 aromatic rings. The second-order valence-electron chi connectivity index (χ2n) is 26.5. The molecule has 6 aliphatic heterocycles. The molecule has 15 atom stereocenters. The minimum absolute atomic E-state index is 0.0134. The summed E-state index contributed by atoms with van der Waals surface area (Å²) < 4.78 is 34.1. The Morgan fingerprint density at radius 3 is 2.73 bits per heavy atom. The van der Waals surface area contributed by atoms with Crippen LogP contribution < -0.4 is 35.9 Å². The molecule has 4 aromatic carbocycles. The van der Waals surface area contributed by atoms with Gasteiger partial charge >= 0.3 is 5.97 Å². The highest BCUT2D eigenvalue weighted by Gasteiger charge is 2.55. The lowest BCUT2D eigenvalue weighted by Crippen LogP contribution is -2.49. The Morgan fingerprint density at radius 2 is 1.87 bits per heavy atom. The number of aliphatic hydroxyl groups excluding tert-OH is 1. The molecule has 11 aliphatic rings. The summed E-state index contributed by atoms with van der Waals surface area (Å²) in [5.74, 6) is 17.8. The first-order valence-corrected chi connectivity index (χ1v) is 34.0. The number of methoxy groups -OCH3 is 2. The van der Waals surface area contributed by atoms with Gasteiger partial charge in [0, 0.05) is 114 Å². The molecule has 86 heavy (non-hydrogen) atoms. The molecule has 1 saturated heterocycles. The summed E-state index contributed by atoms with van der Waals surface area (Å²) in [5.41, 5.74) is 20.2. The van der Waals surface area contributed by atoms with Crippen molar-refractivity contribution in [1.29, 1.82) is 0 Å². The fourth-order valence-corrected chi connectivity index (χ4v) is 20.5. The molecule has 0 aromatic heterocycles. The predicted molar refractivity (Wildman–Crippen MR) is 336 cm³/mol. The van der Waals surface area contributed by atoms with Gasteiger partial charge in [-0.2, -0.15) is 0 Å². The van der Waals surface area contributed by atoms with Crippen molar-refractivity contribution in [3.05, 3.63) is 128 Å². The Hall–Kier alpha value is -6.01. The predicted octanol–water partition coefficient (Wildman–Crippen LogP) is 10.3. The van der Waals surface area contributed by atoms with Crippen molar-refractivity contribution in [3.63, 3.8) is 0 Å². The molecule has 1 spiro atoms. The minimum atomic E-state index is -0.837. The Kier molecular flexibility index (Phi) is 15.0. The first kappa shape index (κ1) is 56.5. The number of aromatic hydroxyl groups is 2. The summed E-state index contributed by atoms with van der Waals surface area (Å²) in [6.07, 6.45) is 15.3. The van der Waals surface area contributed by atoms with E-state index < -0.39 is 35.5 Å². The molecule has 1 unspecified atom stereocenters. The molecular weight excluding hydrogens is 1120 g/mol. The quantitative estimate of drug-likeness (QED) is 0.0549. The average Bonchev–Trinajstić information content (AvgIpc) is 1.47. The van der Waals surface area contributed by atoms with Crippen LogP contribution in [-0.4, -0.2) is 97.7 Å². The van der Waals surface area contributed by atoms with Crippen molar-refractivity contribution in [2.75, 3.05) is 52.1 Å². The van der Waals surface area contributed by atoms with Gasteiger partial charge in [-0.3, -0.25) is 4.79 Å². The number of phenols is 2. The smallest absolute Gasteiger partial charge is 0.302 e. The van der Waals surface area contributed by atoms with Crippen molar-refractivity contribution in [2.45, 2.75) is 138 Å². The van der Waals surface area contributed by atoms with E-state index in [0.29, 0.717) is 71.9 Å². The number of benzene rings is 4. The van der Waals surface area contributed by atoms with Crippen molar-refractivity contribution in [3.8, 4) is 63.6 Å². The summed E-state index contributed by atoms with van der Waals surface area (Å²) in [5, 5.41) is 48.2. The van der Waals surface area contributed by atoms with E-state index in [2.05, 4.69) is 94.3 Å². The van der Waals surface area contributed by atoms with E-state index in [0.717, 1.165) is 95.5 Å². The number of carbonyl (C=O) groups is 1. The van der Waals surface area contributed by atoms with Crippen LogP contribution in [0.3, 0.4) is 0 Å². The summed E-state index contributed by atoms with van der Waals surface area (Å²) >= 11 is 0. The van der Waals surface area contributed by atoms with Crippen LogP contribution in [0.2, 0.25) is 0 Å². The van der Waals surface area contributed by atoms with Gasteiger partial charge in [-0.1, -0.05) is 94.3 Å². The van der Waals surface area contributed by atoms with E-state index in [-0.39, 0.29) is 78.9 Å². The van der Waals surface area contributed by atoms with Gasteiger partial charge in [-0.15, -0.1) is 0 Å². The SMILES string of the molecule is COC[C@H]1[C@@H](CO)CNCc2c(O)c3c(c4c2[C@H]2C#CC5=C6C(=CC(N)N5)CC[C@H](c5cccc(c5)C[C@@H]1C#C2)[C@H]6[C@H]1CC[C@@]2(Cc5cc(O)cc(OC)c5-c5ccc6c(c52)O[C@H]4[C@H]6COC(C)=O)C1)C=C[C@@H]1N[C@H]2CCC[C@@H](CSSC[C@H]1O3)C2. The molecule has 3 saturated carbocycles. The molecule has 15 rings (SSSR count). The summed E-state index contributed by atoms with van der Waals surface area (Å²) in [6.45, 7) is 2.35. The van der Waals surface area contributed by atoms with Gasteiger partial charge in [0.25, 0.3) is 0 Å². The molecule has 15 heteroatoms. The van der Waals surface area contributed by atoms with E-state index >= 15 is 0 Å². The number of fused-ring (bicyclic) bond motifs is 14. The van der Waals surface area contributed by atoms with Crippen molar-refractivity contribution in [2.24, 2.45) is 41.2 Å². The van der Waals surface area contributed by atoms with Gasteiger partial charge < -0.3 is 60.7 Å². The van der Waals surface area contributed by atoms with Crippen LogP contribution >= 0.6 is 21.6 Å². The van der Waals surface area contributed by atoms with E-state index in [9.17, 15) is 20.1 Å². The van der Waals surface area contributed by atoms with Crippen LogP contribution in [0.15, 0.2) is 77.5 Å². The Morgan fingerprint density at radius 1 is 0.977 bits per heavy atom. The zero-order valence-corrected chi connectivity index (χ0v) is 51.0. The van der Waals surface area contributed by atoms with Gasteiger partial charge in [0.15, 0.2) is 11.5 Å². The van der Waals surface area contributed by atoms with Gasteiger partial charge in [0.2, 0.25) is 0 Å². The number of hydrogen-bond acceptors (Lipinski definition) is 15. The zero-order chi connectivity index (χ0) is 58.5. The fraction of sp³-hybridized carbons (Fsp3) is 0.507. The zero-order valence-electron chi connectivity index (χ0n) is 49.3. The molecule has 448 valence electrons. The molecule has 13 bridgehead atoms. The van der Waals surface area contributed by atoms with E-state index in [4.69, 9.17) is 29.4 Å². The van der Waals surface area contributed by atoms with Crippen LogP contribution in [0.25, 0.3) is 17.2 Å². The number of dihydropyridines is 1. The number of ether oxygens (including phenoxy) is 5. The molecule has 13 nitrogen and oxygen atoms in total. The van der Waals surface area contributed by atoms with Crippen LogP contribution in [0.1, 0.15) is 139 Å². The van der Waals surface area contributed by atoms with E-state index in [1.165, 1.54) is 42.0 Å². The second-order valence-corrected chi connectivity index (χ2v) is 29.0. The van der Waals surface area contributed by atoms with Crippen LogP contribution in [-0.2, 0) is 39.1 Å². The average molecular weight is 1200 g/mol. The molecule has 8 N–H and O–H groups in total. The third kappa shape index (κ3) is 9.73. The maximum Gasteiger partial charge on any atom is 0.302 e. The third-order valence-corrected chi connectivity index (χ3v) is 24.1. The number of nitrogens with two attached hydrogens (primary N) is 1. The highest BCUT2D eigenvalue weighted by molar-refractivity contribution is 8.76. The molecular formula is C71H78N4O9S2. The minimum Gasteiger partial charge on any atom is -0.508 e. The van der Waals surface area contributed by atoms with Crippen molar-refractivity contribution < 1.29 is 43.8 Å². The Labute approximate surface area is 512 Å². The van der Waals surface area contributed by atoms with E-state index in [1.54, 1.807) is 20.3 Å². The van der Waals surface area contributed by atoms with Crippen molar-refractivity contribution in [1.82, 2.24) is 16.0 Å². The largest absolute Gasteiger partial charge is 0.508 e. The normalized spacial score (nSPS) is 33.2. The number of esters is 1. The molecule has 0 amide bonds. The highest BCUT2D eigenvalue weighted by Crippen LogP contribution is 2.66. The maximum atomic E-state index is 13.6. The topological polar surface area (TPSA) is 186 Å². The first-order chi connectivity index (χ1) is 42.0. The van der Waals surface area contributed by atoms with Gasteiger partial charge in [-0.25, -0.2) is 0 Å². The molecule has 6 heterocycles. The van der Waals surface area contributed by atoms with Gasteiger partial charge in [0.1, 0.15) is 42.0 Å². The lowest BCUT2D eigenvalue weighted by Gasteiger charge is -2.44. The van der Waals surface area contributed by atoms with Crippen LogP contribution in [0.4, 0.5) is 0 Å². The molecule has 5 aliphatic carbocycles. The lowest BCUT2D eigenvalue weighted by atomic mass is 9.61. The van der Waals surface area contributed by atoms with Gasteiger partial charge in [-0.05, 0) is 145 Å². The number of hydrogen-bond donors (Lipinski definition) is 7. The monoisotopic (exact) mass is 1190 g/mol. The number of rotatable bonds is 6. The number of allylic oxidation sites excluding steroid dienone is 3. The Bertz CT molecular complexity index is 3650. The van der Waals surface area contributed by atoms with Crippen LogP contribution in [0, 0.1) is 59.2 Å². The summed E-state index contributed by atoms with van der Waals surface area (Å²) in [7, 11) is 7.17. The number of nitrogens with one attached hydrogen (secondary N) is 3. The number of carbonyl (C=O) groups excluding carboxylic acids is 1. The molecule has 4 fully saturated rings. The number of phenolic OH excluding ortho intramolecular Hbond substituents is 2. The van der Waals surface area contributed by atoms with E-state index in [1.807, 2.05) is 27.7 Å².